The maximum absolute atomic E-state index is 13.4. The molecule has 1 heterocycles. The molecule has 0 aromatic heterocycles. The Morgan fingerprint density at radius 2 is 2.11 bits per heavy atom. The predicted molar refractivity (Wildman–Crippen MR) is 74.9 cm³/mol. The molecule has 0 amide bonds. The lowest BCUT2D eigenvalue weighted by Crippen LogP contribution is -2.37. The van der Waals surface area contributed by atoms with Crippen molar-refractivity contribution >= 4 is 23.2 Å². The van der Waals surface area contributed by atoms with Gasteiger partial charge in [0, 0.05) is 11.1 Å². The Morgan fingerprint density at radius 1 is 1.33 bits per heavy atom. The lowest BCUT2D eigenvalue weighted by atomic mass is 9.91. The van der Waals surface area contributed by atoms with Gasteiger partial charge in [-0.15, -0.1) is 0 Å². The van der Waals surface area contributed by atoms with Gasteiger partial charge in [0.2, 0.25) is 0 Å². The van der Waals surface area contributed by atoms with Gasteiger partial charge in [-0.2, -0.15) is 0 Å². The average Bonchev–Trinajstić information content (AvgIpc) is 2.32. The van der Waals surface area contributed by atoms with Crippen molar-refractivity contribution in [2.24, 2.45) is 5.92 Å². The van der Waals surface area contributed by atoms with Crippen LogP contribution in [-0.2, 0) is 6.42 Å². The SMILES string of the molecule is CC1CCNC(CCc2cc(F)c(Cl)cc2Cl)C1. The third kappa shape index (κ3) is 3.59. The van der Waals surface area contributed by atoms with Gasteiger partial charge >= 0.3 is 0 Å². The highest BCUT2D eigenvalue weighted by Gasteiger charge is 2.18. The molecule has 1 aromatic rings. The van der Waals surface area contributed by atoms with E-state index in [0.29, 0.717) is 11.1 Å². The van der Waals surface area contributed by atoms with E-state index in [9.17, 15) is 4.39 Å². The van der Waals surface area contributed by atoms with Crippen LogP contribution in [0.3, 0.4) is 0 Å². The lowest BCUT2D eigenvalue weighted by Gasteiger charge is -2.28. The maximum atomic E-state index is 13.4. The lowest BCUT2D eigenvalue weighted by molar-refractivity contribution is 0.308. The molecule has 2 unspecified atom stereocenters. The number of hydrogen-bond donors (Lipinski definition) is 1. The largest absolute Gasteiger partial charge is 0.314 e. The zero-order valence-electron chi connectivity index (χ0n) is 10.5. The summed E-state index contributed by atoms with van der Waals surface area (Å²) in [5, 5.41) is 4.15. The van der Waals surface area contributed by atoms with Crippen LogP contribution in [0.4, 0.5) is 4.39 Å². The fraction of sp³-hybridized carbons (Fsp3) is 0.571. The number of rotatable bonds is 3. The number of halogens is 3. The Kier molecular flexibility index (Phi) is 4.88. The van der Waals surface area contributed by atoms with E-state index in [1.807, 2.05) is 0 Å². The summed E-state index contributed by atoms with van der Waals surface area (Å²) in [5.74, 6) is 0.384. The van der Waals surface area contributed by atoms with Crippen LogP contribution in [0.25, 0.3) is 0 Å². The number of benzene rings is 1. The van der Waals surface area contributed by atoms with Crippen molar-refractivity contribution in [3.05, 3.63) is 33.6 Å². The van der Waals surface area contributed by atoms with Crippen LogP contribution in [0.1, 0.15) is 31.7 Å². The Morgan fingerprint density at radius 3 is 2.83 bits per heavy atom. The first-order valence-electron chi connectivity index (χ1n) is 6.43. The minimum Gasteiger partial charge on any atom is -0.314 e. The van der Waals surface area contributed by atoms with Crippen molar-refractivity contribution in [1.82, 2.24) is 5.32 Å². The molecule has 18 heavy (non-hydrogen) atoms. The fourth-order valence-electron chi connectivity index (χ4n) is 2.53. The normalized spacial score (nSPS) is 24.2. The Hall–Kier alpha value is -0.310. The fourth-order valence-corrected chi connectivity index (χ4v) is 3.00. The van der Waals surface area contributed by atoms with E-state index >= 15 is 0 Å². The number of aryl methyl sites for hydroxylation is 1. The van der Waals surface area contributed by atoms with Crippen molar-refractivity contribution in [2.45, 2.75) is 38.6 Å². The molecule has 0 bridgehead atoms. The molecule has 100 valence electrons. The quantitative estimate of drug-likeness (QED) is 0.811. The summed E-state index contributed by atoms with van der Waals surface area (Å²) in [6.45, 7) is 3.36. The van der Waals surface area contributed by atoms with Crippen LogP contribution in [0.5, 0.6) is 0 Å². The second-order valence-electron chi connectivity index (χ2n) is 5.18. The topological polar surface area (TPSA) is 12.0 Å². The monoisotopic (exact) mass is 289 g/mol. The predicted octanol–water partition coefficient (Wildman–Crippen LogP) is 4.45. The first kappa shape index (κ1) is 14.1. The van der Waals surface area contributed by atoms with E-state index in [0.717, 1.165) is 30.9 Å². The Labute approximate surface area is 118 Å². The third-order valence-electron chi connectivity index (χ3n) is 3.61. The highest BCUT2D eigenvalue weighted by Crippen LogP contribution is 2.26. The highest BCUT2D eigenvalue weighted by molar-refractivity contribution is 6.35. The van der Waals surface area contributed by atoms with Gasteiger partial charge in [-0.05, 0) is 55.8 Å². The first-order chi connectivity index (χ1) is 8.56. The summed E-state index contributed by atoms with van der Waals surface area (Å²) in [5.41, 5.74) is 0.846. The number of nitrogens with one attached hydrogen (secondary N) is 1. The summed E-state index contributed by atoms with van der Waals surface area (Å²) in [7, 11) is 0. The van der Waals surface area contributed by atoms with Crippen LogP contribution in [0.2, 0.25) is 10.0 Å². The molecule has 2 rings (SSSR count). The van der Waals surface area contributed by atoms with Gasteiger partial charge in [0.05, 0.1) is 5.02 Å². The van der Waals surface area contributed by atoms with Crippen molar-refractivity contribution in [2.75, 3.05) is 6.54 Å². The van der Waals surface area contributed by atoms with E-state index in [1.165, 1.54) is 25.0 Å². The van der Waals surface area contributed by atoms with Crippen LogP contribution in [0.15, 0.2) is 12.1 Å². The summed E-state index contributed by atoms with van der Waals surface area (Å²) in [6.07, 6.45) is 4.21. The van der Waals surface area contributed by atoms with Crippen molar-refractivity contribution in [3.8, 4) is 0 Å². The van der Waals surface area contributed by atoms with Crippen molar-refractivity contribution in [3.63, 3.8) is 0 Å². The molecule has 0 saturated carbocycles. The van der Waals surface area contributed by atoms with Crippen molar-refractivity contribution in [1.29, 1.82) is 0 Å². The van der Waals surface area contributed by atoms with Gasteiger partial charge in [-0.1, -0.05) is 30.1 Å². The first-order valence-corrected chi connectivity index (χ1v) is 7.18. The molecule has 0 radical (unpaired) electrons. The van der Waals surface area contributed by atoms with Gasteiger partial charge in [-0.3, -0.25) is 0 Å². The second kappa shape index (κ2) is 6.23. The van der Waals surface area contributed by atoms with Gasteiger partial charge in [0.15, 0.2) is 0 Å². The molecule has 4 heteroatoms. The van der Waals surface area contributed by atoms with E-state index in [-0.39, 0.29) is 10.8 Å². The van der Waals surface area contributed by atoms with E-state index < -0.39 is 0 Å². The molecule has 1 fully saturated rings. The van der Waals surface area contributed by atoms with Crippen LogP contribution < -0.4 is 5.32 Å². The Bertz CT molecular complexity index is 423. The summed E-state index contributed by atoms with van der Waals surface area (Å²) < 4.78 is 13.4. The highest BCUT2D eigenvalue weighted by atomic mass is 35.5. The maximum Gasteiger partial charge on any atom is 0.142 e. The summed E-state index contributed by atoms with van der Waals surface area (Å²) in [4.78, 5) is 0. The molecule has 1 nitrogen and oxygen atoms in total. The zero-order chi connectivity index (χ0) is 13.1. The minimum atomic E-state index is -0.388. The molecule has 1 aliphatic rings. The molecule has 0 spiro atoms. The van der Waals surface area contributed by atoms with E-state index in [4.69, 9.17) is 23.2 Å². The minimum absolute atomic E-state index is 0.0909. The summed E-state index contributed by atoms with van der Waals surface area (Å²) in [6, 6.07) is 3.46. The molecule has 0 aliphatic carbocycles. The van der Waals surface area contributed by atoms with Gasteiger partial charge in [-0.25, -0.2) is 4.39 Å². The van der Waals surface area contributed by atoms with E-state index in [1.54, 1.807) is 0 Å². The Balaban J connectivity index is 1.95. The van der Waals surface area contributed by atoms with Gasteiger partial charge in [0.1, 0.15) is 5.82 Å². The van der Waals surface area contributed by atoms with Crippen molar-refractivity contribution < 1.29 is 4.39 Å². The molecule has 1 N–H and O–H groups in total. The summed E-state index contributed by atoms with van der Waals surface area (Å²) >= 11 is 11.8. The number of hydrogen-bond acceptors (Lipinski definition) is 1. The van der Waals surface area contributed by atoms with Crippen LogP contribution in [0, 0.1) is 11.7 Å². The molecule has 1 aliphatic heterocycles. The number of piperidine rings is 1. The molecular formula is C14H18Cl2FN. The van der Waals surface area contributed by atoms with Gasteiger partial charge < -0.3 is 5.32 Å². The smallest absolute Gasteiger partial charge is 0.142 e. The molecular weight excluding hydrogens is 272 g/mol. The standard InChI is InChI=1S/C14H18Cl2FN/c1-9-4-5-18-11(6-9)3-2-10-7-14(17)13(16)8-12(10)15/h7-9,11,18H,2-6H2,1H3. The third-order valence-corrected chi connectivity index (χ3v) is 4.25. The zero-order valence-corrected chi connectivity index (χ0v) is 12.0. The van der Waals surface area contributed by atoms with Crippen LogP contribution in [-0.4, -0.2) is 12.6 Å². The average molecular weight is 290 g/mol. The van der Waals surface area contributed by atoms with E-state index in [2.05, 4.69) is 12.2 Å². The van der Waals surface area contributed by atoms with Crippen LogP contribution >= 0.6 is 23.2 Å². The van der Waals surface area contributed by atoms with Gasteiger partial charge in [0.25, 0.3) is 0 Å². The molecule has 1 aromatic carbocycles. The molecule has 1 saturated heterocycles. The second-order valence-corrected chi connectivity index (χ2v) is 5.99. The molecule has 2 atom stereocenters.